The zero-order chi connectivity index (χ0) is 13.8. The van der Waals surface area contributed by atoms with Crippen LogP contribution in [0.1, 0.15) is 28.9 Å². The third-order valence-electron chi connectivity index (χ3n) is 2.74. The summed E-state index contributed by atoms with van der Waals surface area (Å²) < 4.78 is 13.1. The molecule has 2 aromatic rings. The third kappa shape index (κ3) is 3.28. The number of pyridine rings is 1. The van der Waals surface area contributed by atoms with E-state index in [2.05, 4.69) is 10.3 Å². The largest absolute Gasteiger partial charge is 0.384 e. The summed E-state index contributed by atoms with van der Waals surface area (Å²) in [5.41, 5.74) is 6.65. The molecular weight excluding hydrogens is 245 g/mol. The molecule has 1 amide bonds. The molecule has 0 aliphatic heterocycles. The van der Waals surface area contributed by atoms with E-state index in [1.54, 1.807) is 25.1 Å². The van der Waals surface area contributed by atoms with Gasteiger partial charge in [0.2, 0.25) is 0 Å². The summed E-state index contributed by atoms with van der Waals surface area (Å²) in [6.45, 7) is 1.79. The molecule has 98 valence electrons. The quantitative estimate of drug-likeness (QED) is 0.888. The van der Waals surface area contributed by atoms with Crippen molar-refractivity contribution < 1.29 is 9.18 Å². The number of carbonyl (C=O) groups is 1. The van der Waals surface area contributed by atoms with Crippen LogP contribution in [-0.4, -0.2) is 10.9 Å². The van der Waals surface area contributed by atoms with Crippen LogP contribution in [0.2, 0.25) is 0 Å². The Balaban J connectivity index is 2.11. The van der Waals surface area contributed by atoms with Gasteiger partial charge in [-0.25, -0.2) is 9.37 Å². The molecule has 3 N–H and O–H groups in total. The zero-order valence-electron chi connectivity index (χ0n) is 10.4. The van der Waals surface area contributed by atoms with Gasteiger partial charge in [0.05, 0.1) is 6.04 Å². The summed E-state index contributed by atoms with van der Waals surface area (Å²) in [4.78, 5) is 15.8. The first-order valence-electron chi connectivity index (χ1n) is 5.84. The number of nitrogens with two attached hydrogens (primary N) is 1. The number of benzene rings is 1. The number of rotatable bonds is 3. The summed E-state index contributed by atoms with van der Waals surface area (Å²) in [7, 11) is 0. The van der Waals surface area contributed by atoms with Crippen LogP contribution >= 0.6 is 0 Å². The standard InChI is InChI=1S/C14H14FN3O/c1-9(10-3-2-4-12(15)7-10)18-14(19)11-5-6-17-13(16)8-11/h2-9H,1H3,(H2,16,17)(H,18,19). The summed E-state index contributed by atoms with van der Waals surface area (Å²) >= 11 is 0. The van der Waals surface area contributed by atoms with Crippen molar-refractivity contribution in [3.63, 3.8) is 0 Å². The van der Waals surface area contributed by atoms with Crippen molar-refractivity contribution in [2.45, 2.75) is 13.0 Å². The molecule has 2 rings (SSSR count). The van der Waals surface area contributed by atoms with Gasteiger partial charge < -0.3 is 11.1 Å². The topological polar surface area (TPSA) is 68.0 Å². The number of nitrogens with one attached hydrogen (secondary N) is 1. The lowest BCUT2D eigenvalue weighted by Gasteiger charge is -2.14. The molecule has 1 aromatic carbocycles. The Bertz CT molecular complexity index is 601. The van der Waals surface area contributed by atoms with Crippen LogP contribution < -0.4 is 11.1 Å². The molecule has 5 heteroatoms. The highest BCUT2D eigenvalue weighted by atomic mass is 19.1. The van der Waals surface area contributed by atoms with Crippen LogP contribution in [0.3, 0.4) is 0 Å². The molecule has 0 radical (unpaired) electrons. The number of aromatic nitrogens is 1. The third-order valence-corrected chi connectivity index (χ3v) is 2.74. The molecule has 1 atom stereocenters. The Morgan fingerprint density at radius 1 is 1.37 bits per heavy atom. The number of anilines is 1. The lowest BCUT2D eigenvalue weighted by Crippen LogP contribution is -2.26. The molecule has 0 aliphatic rings. The van der Waals surface area contributed by atoms with Crippen LogP contribution in [0.25, 0.3) is 0 Å². The fourth-order valence-electron chi connectivity index (χ4n) is 1.73. The van der Waals surface area contributed by atoms with Gasteiger partial charge in [0.1, 0.15) is 11.6 Å². The Labute approximate surface area is 110 Å². The lowest BCUT2D eigenvalue weighted by atomic mass is 10.1. The van der Waals surface area contributed by atoms with E-state index in [1.165, 1.54) is 24.4 Å². The number of hydrogen-bond donors (Lipinski definition) is 2. The highest BCUT2D eigenvalue weighted by molar-refractivity contribution is 5.94. The van der Waals surface area contributed by atoms with E-state index in [-0.39, 0.29) is 23.6 Å². The Kier molecular flexibility index (Phi) is 3.75. The van der Waals surface area contributed by atoms with E-state index in [1.807, 2.05) is 0 Å². The van der Waals surface area contributed by atoms with Crippen LogP contribution in [0.4, 0.5) is 10.2 Å². The van der Waals surface area contributed by atoms with E-state index in [0.717, 1.165) is 0 Å². The first-order valence-corrected chi connectivity index (χ1v) is 5.84. The van der Waals surface area contributed by atoms with Gasteiger partial charge in [0.15, 0.2) is 0 Å². The van der Waals surface area contributed by atoms with Crippen LogP contribution in [0.15, 0.2) is 42.6 Å². The predicted molar refractivity (Wildman–Crippen MR) is 70.9 cm³/mol. The lowest BCUT2D eigenvalue weighted by molar-refractivity contribution is 0.0939. The van der Waals surface area contributed by atoms with Gasteiger partial charge in [-0.15, -0.1) is 0 Å². The fourth-order valence-corrected chi connectivity index (χ4v) is 1.73. The van der Waals surface area contributed by atoms with Crippen LogP contribution in [-0.2, 0) is 0 Å². The average Bonchev–Trinajstić information content (AvgIpc) is 2.38. The van der Waals surface area contributed by atoms with E-state index >= 15 is 0 Å². The Hall–Kier alpha value is -2.43. The highest BCUT2D eigenvalue weighted by Gasteiger charge is 2.12. The molecule has 1 aromatic heterocycles. The molecule has 1 unspecified atom stereocenters. The second-order valence-corrected chi connectivity index (χ2v) is 4.22. The van der Waals surface area contributed by atoms with Gasteiger partial charge >= 0.3 is 0 Å². The maximum absolute atomic E-state index is 13.1. The van der Waals surface area contributed by atoms with Crippen molar-refractivity contribution in [1.82, 2.24) is 10.3 Å². The van der Waals surface area contributed by atoms with Gasteiger partial charge in [-0.3, -0.25) is 4.79 Å². The van der Waals surface area contributed by atoms with Gasteiger partial charge in [-0.05, 0) is 36.8 Å². The van der Waals surface area contributed by atoms with Gasteiger partial charge in [0.25, 0.3) is 5.91 Å². The molecule has 0 spiro atoms. The summed E-state index contributed by atoms with van der Waals surface area (Å²) in [6, 6.07) is 8.90. The van der Waals surface area contributed by atoms with Crippen molar-refractivity contribution in [3.8, 4) is 0 Å². The smallest absolute Gasteiger partial charge is 0.251 e. The minimum Gasteiger partial charge on any atom is -0.384 e. The minimum absolute atomic E-state index is 0.272. The second-order valence-electron chi connectivity index (χ2n) is 4.22. The number of hydrogen-bond acceptors (Lipinski definition) is 3. The van der Waals surface area contributed by atoms with Crippen LogP contribution in [0, 0.1) is 5.82 Å². The van der Waals surface area contributed by atoms with Crippen molar-refractivity contribution in [3.05, 3.63) is 59.5 Å². The first kappa shape index (κ1) is 13.0. The fraction of sp³-hybridized carbons (Fsp3) is 0.143. The van der Waals surface area contributed by atoms with E-state index in [9.17, 15) is 9.18 Å². The number of halogens is 1. The van der Waals surface area contributed by atoms with Crippen molar-refractivity contribution in [2.75, 3.05) is 5.73 Å². The van der Waals surface area contributed by atoms with Crippen molar-refractivity contribution >= 4 is 11.7 Å². The molecule has 1 heterocycles. The van der Waals surface area contributed by atoms with Gasteiger partial charge in [-0.1, -0.05) is 12.1 Å². The number of carbonyl (C=O) groups excluding carboxylic acids is 1. The predicted octanol–water partition coefficient (Wildman–Crippen LogP) is 2.29. The zero-order valence-corrected chi connectivity index (χ0v) is 10.4. The number of amides is 1. The first-order chi connectivity index (χ1) is 9.06. The summed E-state index contributed by atoms with van der Waals surface area (Å²) in [5.74, 6) is -0.316. The monoisotopic (exact) mass is 259 g/mol. The molecule has 19 heavy (non-hydrogen) atoms. The molecular formula is C14H14FN3O. The molecule has 0 bridgehead atoms. The molecule has 0 saturated carbocycles. The Morgan fingerprint density at radius 2 is 2.16 bits per heavy atom. The van der Waals surface area contributed by atoms with Crippen molar-refractivity contribution in [2.24, 2.45) is 0 Å². The highest BCUT2D eigenvalue weighted by Crippen LogP contribution is 2.14. The minimum atomic E-state index is -0.327. The molecule has 0 fully saturated rings. The number of nitrogens with zero attached hydrogens (tertiary/aromatic N) is 1. The maximum atomic E-state index is 13.1. The normalized spacial score (nSPS) is 11.9. The van der Waals surface area contributed by atoms with E-state index in [0.29, 0.717) is 11.1 Å². The van der Waals surface area contributed by atoms with E-state index in [4.69, 9.17) is 5.73 Å². The van der Waals surface area contributed by atoms with Gasteiger partial charge in [-0.2, -0.15) is 0 Å². The summed E-state index contributed by atoms with van der Waals surface area (Å²) in [5, 5.41) is 2.78. The number of nitrogen functional groups attached to an aromatic ring is 1. The second kappa shape index (κ2) is 5.48. The Morgan fingerprint density at radius 3 is 2.84 bits per heavy atom. The molecule has 4 nitrogen and oxygen atoms in total. The van der Waals surface area contributed by atoms with E-state index < -0.39 is 0 Å². The summed E-state index contributed by atoms with van der Waals surface area (Å²) in [6.07, 6.45) is 1.47. The van der Waals surface area contributed by atoms with Crippen LogP contribution in [0.5, 0.6) is 0 Å². The SMILES string of the molecule is CC(NC(=O)c1ccnc(N)c1)c1cccc(F)c1. The maximum Gasteiger partial charge on any atom is 0.251 e. The molecule has 0 saturated heterocycles. The van der Waals surface area contributed by atoms with Crippen molar-refractivity contribution in [1.29, 1.82) is 0 Å². The average molecular weight is 259 g/mol. The van der Waals surface area contributed by atoms with Gasteiger partial charge in [0, 0.05) is 11.8 Å². The molecule has 0 aliphatic carbocycles.